The highest BCUT2D eigenvalue weighted by molar-refractivity contribution is 5.76. The first kappa shape index (κ1) is 19.9. The molecule has 2 unspecified atom stereocenters. The highest BCUT2D eigenvalue weighted by Gasteiger charge is 2.20. The van der Waals surface area contributed by atoms with Crippen molar-refractivity contribution in [3.05, 3.63) is 23.8 Å². The molecule has 1 fully saturated rings. The number of amides is 1. The Labute approximate surface area is 161 Å². The molecule has 1 aromatic carbocycles. The van der Waals surface area contributed by atoms with E-state index in [0.717, 1.165) is 50.8 Å². The smallest absolute Gasteiger partial charge is 0.231 e. The van der Waals surface area contributed by atoms with E-state index in [4.69, 9.17) is 14.2 Å². The summed E-state index contributed by atoms with van der Waals surface area (Å²) in [6.07, 6.45) is 1.38. The first-order valence-electron chi connectivity index (χ1n) is 9.73. The maximum atomic E-state index is 12.3. The van der Waals surface area contributed by atoms with Crippen molar-refractivity contribution in [2.45, 2.75) is 38.9 Å². The number of carbonyl (C=O) groups is 1. The topological polar surface area (TPSA) is 63.3 Å². The molecule has 0 spiro atoms. The van der Waals surface area contributed by atoms with E-state index in [1.54, 1.807) is 0 Å². The van der Waals surface area contributed by atoms with E-state index in [2.05, 4.69) is 28.1 Å². The minimum Gasteiger partial charge on any atom is -0.454 e. The highest BCUT2D eigenvalue weighted by Crippen LogP contribution is 2.32. The lowest BCUT2D eigenvalue weighted by Crippen LogP contribution is -2.49. The average molecular weight is 377 g/mol. The Kier molecular flexibility index (Phi) is 6.93. The third-order valence-corrected chi connectivity index (χ3v) is 5.40. The standard InChI is InChI=1S/C20H31N3O4/c1-15(12-17-4-5-18-19(13-17)27-14-26-18)22(3)16(2)21-20(24)6-7-23-8-10-25-11-9-23/h4-5,13,15-16H,6-12,14H2,1-3H3,(H,21,24). The summed E-state index contributed by atoms with van der Waals surface area (Å²) in [7, 11) is 2.05. The summed E-state index contributed by atoms with van der Waals surface area (Å²) in [4.78, 5) is 16.8. The number of benzene rings is 1. The van der Waals surface area contributed by atoms with Gasteiger partial charge in [0.15, 0.2) is 11.5 Å². The molecule has 1 N–H and O–H groups in total. The summed E-state index contributed by atoms with van der Waals surface area (Å²) in [6, 6.07) is 6.35. The van der Waals surface area contributed by atoms with Gasteiger partial charge in [0.25, 0.3) is 0 Å². The van der Waals surface area contributed by atoms with Gasteiger partial charge < -0.3 is 19.5 Å². The van der Waals surface area contributed by atoms with Crippen molar-refractivity contribution in [3.8, 4) is 11.5 Å². The monoisotopic (exact) mass is 377 g/mol. The largest absolute Gasteiger partial charge is 0.454 e. The number of hydrogen-bond acceptors (Lipinski definition) is 6. The molecule has 0 radical (unpaired) electrons. The number of morpholine rings is 1. The zero-order chi connectivity index (χ0) is 19.2. The molecule has 2 aliphatic rings. The molecular weight excluding hydrogens is 346 g/mol. The minimum absolute atomic E-state index is 0.0220. The molecule has 7 heteroatoms. The number of hydrogen-bond donors (Lipinski definition) is 1. The molecule has 0 bridgehead atoms. The molecular formula is C20H31N3O4. The summed E-state index contributed by atoms with van der Waals surface area (Å²) >= 11 is 0. The Morgan fingerprint density at radius 3 is 2.74 bits per heavy atom. The van der Waals surface area contributed by atoms with E-state index < -0.39 is 0 Å². The maximum absolute atomic E-state index is 12.3. The van der Waals surface area contributed by atoms with Crippen molar-refractivity contribution in [1.29, 1.82) is 0 Å². The fourth-order valence-corrected chi connectivity index (χ4v) is 3.43. The predicted molar refractivity (Wildman–Crippen MR) is 103 cm³/mol. The summed E-state index contributed by atoms with van der Waals surface area (Å²) in [5.41, 5.74) is 1.20. The lowest BCUT2D eigenvalue weighted by molar-refractivity contribution is -0.123. The van der Waals surface area contributed by atoms with Crippen LogP contribution in [0.3, 0.4) is 0 Å². The second kappa shape index (κ2) is 9.39. The second-order valence-corrected chi connectivity index (χ2v) is 7.35. The van der Waals surface area contributed by atoms with Crippen molar-refractivity contribution in [1.82, 2.24) is 15.1 Å². The molecule has 1 amide bonds. The molecule has 0 saturated carbocycles. The molecule has 150 valence electrons. The lowest BCUT2D eigenvalue weighted by atomic mass is 10.1. The quantitative estimate of drug-likeness (QED) is 0.692. The van der Waals surface area contributed by atoms with Gasteiger partial charge in [0, 0.05) is 32.1 Å². The zero-order valence-corrected chi connectivity index (χ0v) is 16.6. The van der Waals surface area contributed by atoms with E-state index in [9.17, 15) is 4.79 Å². The lowest BCUT2D eigenvalue weighted by Gasteiger charge is -2.32. The van der Waals surface area contributed by atoms with E-state index in [-0.39, 0.29) is 18.1 Å². The van der Waals surface area contributed by atoms with Crippen LogP contribution < -0.4 is 14.8 Å². The van der Waals surface area contributed by atoms with E-state index in [0.29, 0.717) is 13.2 Å². The number of fused-ring (bicyclic) bond motifs is 1. The van der Waals surface area contributed by atoms with Crippen LogP contribution in [0.15, 0.2) is 18.2 Å². The molecule has 1 saturated heterocycles. The molecule has 7 nitrogen and oxygen atoms in total. The van der Waals surface area contributed by atoms with E-state index in [1.165, 1.54) is 5.56 Å². The zero-order valence-electron chi connectivity index (χ0n) is 16.6. The van der Waals surface area contributed by atoms with Gasteiger partial charge in [-0.05, 0) is 45.0 Å². The van der Waals surface area contributed by atoms with Crippen molar-refractivity contribution in [3.63, 3.8) is 0 Å². The van der Waals surface area contributed by atoms with Gasteiger partial charge in [-0.3, -0.25) is 14.6 Å². The number of rotatable bonds is 8. The third-order valence-electron chi connectivity index (χ3n) is 5.40. The highest BCUT2D eigenvalue weighted by atomic mass is 16.7. The number of nitrogens with one attached hydrogen (secondary N) is 1. The summed E-state index contributed by atoms with van der Waals surface area (Å²) in [6.45, 7) is 8.63. The molecule has 2 aliphatic heterocycles. The fourth-order valence-electron chi connectivity index (χ4n) is 3.43. The Balaban J connectivity index is 1.43. The molecule has 0 aliphatic carbocycles. The number of ether oxygens (including phenoxy) is 3. The molecule has 27 heavy (non-hydrogen) atoms. The van der Waals surface area contributed by atoms with Crippen molar-refractivity contribution >= 4 is 5.91 Å². The Bertz CT molecular complexity index is 634. The molecule has 1 aromatic rings. The molecule has 2 heterocycles. The van der Waals surface area contributed by atoms with Crippen molar-refractivity contribution in [2.75, 3.05) is 46.7 Å². The van der Waals surface area contributed by atoms with Crippen molar-refractivity contribution < 1.29 is 19.0 Å². The van der Waals surface area contributed by atoms with Crippen LogP contribution in [0, 0.1) is 0 Å². The maximum Gasteiger partial charge on any atom is 0.231 e. The fraction of sp³-hybridized carbons (Fsp3) is 0.650. The van der Waals surface area contributed by atoms with Gasteiger partial charge in [0.1, 0.15) is 0 Å². The first-order valence-corrected chi connectivity index (χ1v) is 9.73. The van der Waals surface area contributed by atoms with E-state index in [1.807, 2.05) is 26.1 Å². The van der Waals surface area contributed by atoms with Crippen LogP contribution >= 0.6 is 0 Å². The summed E-state index contributed by atoms with van der Waals surface area (Å²) in [5, 5.41) is 3.11. The van der Waals surface area contributed by atoms with Crippen LogP contribution in [-0.2, 0) is 16.0 Å². The van der Waals surface area contributed by atoms with Gasteiger partial charge in [-0.1, -0.05) is 6.07 Å². The molecule has 3 rings (SSSR count). The Morgan fingerprint density at radius 2 is 1.96 bits per heavy atom. The van der Waals surface area contributed by atoms with Crippen molar-refractivity contribution in [2.24, 2.45) is 0 Å². The van der Waals surface area contributed by atoms with Gasteiger partial charge in [-0.15, -0.1) is 0 Å². The predicted octanol–water partition coefficient (Wildman–Crippen LogP) is 1.46. The molecule has 2 atom stereocenters. The molecule has 0 aromatic heterocycles. The van der Waals surface area contributed by atoms with Crippen LogP contribution in [0.25, 0.3) is 0 Å². The Hall–Kier alpha value is -1.83. The van der Waals surface area contributed by atoms with Gasteiger partial charge in [0.2, 0.25) is 12.7 Å². The van der Waals surface area contributed by atoms with Crippen LogP contribution in [0.1, 0.15) is 25.8 Å². The SMILES string of the molecule is CC(Cc1ccc2c(c1)OCO2)N(C)C(C)NC(=O)CCN1CCOCC1. The Morgan fingerprint density at radius 1 is 1.22 bits per heavy atom. The third kappa shape index (κ3) is 5.57. The van der Waals surface area contributed by atoms with E-state index >= 15 is 0 Å². The second-order valence-electron chi connectivity index (χ2n) is 7.35. The normalized spacial score (nSPS) is 19.1. The van der Waals surface area contributed by atoms with Gasteiger partial charge in [0.05, 0.1) is 19.4 Å². The first-order chi connectivity index (χ1) is 13.0. The van der Waals surface area contributed by atoms with Gasteiger partial charge in [-0.2, -0.15) is 0 Å². The number of likely N-dealkylation sites (N-methyl/N-ethyl adjacent to an activating group) is 1. The van der Waals surface area contributed by atoms with Crippen LogP contribution in [0.4, 0.5) is 0 Å². The summed E-state index contributed by atoms with van der Waals surface area (Å²) in [5.74, 6) is 1.71. The van der Waals surface area contributed by atoms with Crippen LogP contribution in [0.2, 0.25) is 0 Å². The minimum atomic E-state index is -0.0220. The van der Waals surface area contributed by atoms with Crippen LogP contribution in [-0.4, -0.2) is 74.6 Å². The summed E-state index contributed by atoms with van der Waals surface area (Å²) < 4.78 is 16.2. The van der Waals surface area contributed by atoms with Crippen LogP contribution in [0.5, 0.6) is 11.5 Å². The van der Waals surface area contributed by atoms with Gasteiger partial charge >= 0.3 is 0 Å². The number of nitrogens with zero attached hydrogens (tertiary/aromatic N) is 2. The van der Waals surface area contributed by atoms with Gasteiger partial charge in [-0.25, -0.2) is 0 Å². The average Bonchev–Trinajstić information content (AvgIpc) is 3.14. The number of carbonyl (C=O) groups excluding carboxylic acids is 1.